The second-order valence-electron chi connectivity index (χ2n) is 3.54. The molecule has 0 unspecified atom stereocenters. The standard InChI is InChI=1S/C10H8N4O4/c1-6-4-7(14(17)18)5-11-9(6)13-3-2-8(12-13)10(15)16/h2-5H,1H3,(H,15,16). The van der Waals surface area contributed by atoms with Crippen molar-refractivity contribution in [3.63, 3.8) is 0 Å². The van der Waals surface area contributed by atoms with Crippen LogP contribution < -0.4 is 0 Å². The maximum Gasteiger partial charge on any atom is 0.356 e. The third-order valence-corrected chi connectivity index (χ3v) is 2.27. The van der Waals surface area contributed by atoms with Gasteiger partial charge in [-0.25, -0.2) is 14.5 Å². The van der Waals surface area contributed by atoms with E-state index in [2.05, 4.69) is 10.1 Å². The molecule has 0 saturated carbocycles. The fourth-order valence-corrected chi connectivity index (χ4v) is 1.45. The lowest BCUT2D eigenvalue weighted by Crippen LogP contribution is -2.04. The van der Waals surface area contributed by atoms with Crippen molar-refractivity contribution in [2.75, 3.05) is 0 Å². The minimum Gasteiger partial charge on any atom is -0.476 e. The first-order valence-electron chi connectivity index (χ1n) is 4.89. The second kappa shape index (κ2) is 4.24. The minimum atomic E-state index is -1.15. The number of rotatable bonds is 3. The first-order valence-corrected chi connectivity index (χ1v) is 4.89. The van der Waals surface area contributed by atoms with E-state index in [9.17, 15) is 14.9 Å². The topological polar surface area (TPSA) is 111 Å². The highest BCUT2D eigenvalue weighted by Crippen LogP contribution is 2.17. The van der Waals surface area contributed by atoms with Crippen molar-refractivity contribution in [1.82, 2.24) is 14.8 Å². The second-order valence-corrected chi connectivity index (χ2v) is 3.54. The lowest BCUT2D eigenvalue weighted by molar-refractivity contribution is -0.385. The number of aryl methyl sites for hydroxylation is 1. The Hall–Kier alpha value is -2.77. The zero-order valence-corrected chi connectivity index (χ0v) is 9.27. The Morgan fingerprint density at radius 1 is 1.56 bits per heavy atom. The van der Waals surface area contributed by atoms with Gasteiger partial charge < -0.3 is 5.11 Å². The summed E-state index contributed by atoms with van der Waals surface area (Å²) in [6, 6.07) is 2.68. The largest absolute Gasteiger partial charge is 0.476 e. The summed E-state index contributed by atoms with van der Waals surface area (Å²) >= 11 is 0. The molecule has 0 bridgehead atoms. The molecule has 2 aromatic heterocycles. The van der Waals surface area contributed by atoms with Crippen molar-refractivity contribution in [3.8, 4) is 5.82 Å². The third kappa shape index (κ3) is 2.03. The van der Waals surface area contributed by atoms with Crippen LogP contribution in [0.3, 0.4) is 0 Å². The van der Waals surface area contributed by atoms with Crippen LogP contribution in [-0.4, -0.2) is 30.8 Å². The average molecular weight is 248 g/mol. The van der Waals surface area contributed by atoms with Crippen molar-refractivity contribution < 1.29 is 14.8 Å². The predicted octanol–water partition coefficient (Wildman–Crippen LogP) is 1.18. The van der Waals surface area contributed by atoms with Gasteiger partial charge in [-0.1, -0.05) is 0 Å². The average Bonchev–Trinajstić information content (AvgIpc) is 2.78. The summed E-state index contributed by atoms with van der Waals surface area (Å²) in [5, 5.41) is 23.1. The summed E-state index contributed by atoms with van der Waals surface area (Å²) in [5.41, 5.74) is 0.292. The number of carboxylic acid groups (broad SMARTS) is 1. The molecule has 0 atom stereocenters. The molecular weight excluding hydrogens is 240 g/mol. The number of carbonyl (C=O) groups is 1. The SMILES string of the molecule is Cc1cc([N+](=O)[O-])cnc1-n1ccc(C(=O)O)n1. The summed E-state index contributed by atoms with van der Waals surface area (Å²) in [6.45, 7) is 1.64. The van der Waals surface area contributed by atoms with Gasteiger partial charge in [0.25, 0.3) is 5.69 Å². The van der Waals surface area contributed by atoms with Gasteiger partial charge in [0.15, 0.2) is 11.5 Å². The monoisotopic (exact) mass is 248 g/mol. The Balaban J connectivity index is 2.44. The molecule has 0 aliphatic carbocycles. The first kappa shape index (κ1) is 11.7. The van der Waals surface area contributed by atoms with Gasteiger partial charge in [-0.2, -0.15) is 5.10 Å². The Morgan fingerprint density at radius 3 is 2.78 bits per heavy atom. The summed E-state index contributed by atoms with van der Waals surface area (Å²) in [4.78, 5) is 24.6. The first-order chi connectivity index (χ1) is 8.49. The number of hydrogen-bond donors (Lipinski definition) is 1. The van der Waals surface area contributed by atoms with Crippen LogP contribution in [0.1, 0.15) is 16.1 Å². The Labute approximate surface area is 101 Å². The van der Waals surface area contributed by atoms with Gasteiger partial charge in [0.05, 0.1) is 4.92 Å². The fourth-order valence-electron chi connectivity index (χ4n) is 1.45. The van der Waals surface area contributed by atoms with Crippen molar-refractivity contribution >= 4 is 11.7 Å². The lowest BCUT2D eigenvalue weighted by atomic mass is 10.2. The molecule has 8 heteroatoms. The van der Waals surface area contributed by atoms with Crippen molar-refractivity contribution in [2.24, 2.45) is 0 Å². The summed E-state index contributed by atoms with van der Waals surface area (Å²) in [5.74, 6) is -0.790. The number of nitrogens with zero attached hydrogens (tertiary/aromatic N) is 4. The van der Waals surface area contributed by atoms with Gasteiger partial charge in [0.2, 0.25) is 0 Å². The van der Waals surface area contributed by atoms with E-state index in [0.717, 1.165) is 6.20 Å². The molecule has 92 valence electrons. The Kier molecular flexibility index (Phi) is 2.76. The Bertz CT molecular complexity index is 635. The normalized spacial score (nSPS) is 10.3. The van der Waals surface area contributed by atoms with Crippen LogP contribution >= 0.6 is 0 Å². The van der Waals surface area contributed by atoms with Crippen molar-refractivity contribution in [1.29, 1.82) is 0 Å². The highest BCUT2D eigenvalue weighted by Gasteiger charge is 2.13. The summed E-state index contributed by atoms with van der Waals surface area (Å²) in [6.07, 6.45) is 2.54. The van der Waals surface area contributed by atoms with E-state index < -0.39 is 10.9 Å². The molecule has 18 heavy (non-hydrogen) atoms. The van der Waals surface area contributed by atoms with Crippen LogP contribution in [-0.2, 0) is 0 Å². The third-order valence-electron chi connectivity index (χ3n) is 2.27. The van der Waals surface area contributed by atoms with Crippen LogP contribution in [0, 0.1) is 17.0 Å². The van der Waals surface area contributed by atoms with E-state index in [4.69, 9.17) is 5.11 Å². The molecule has 2 heterocycles. The van der Waals surface area contributed by atoms with Gasteiger partial charge in [-0.15, -0.1) is 0 Å². The van der Waals surface area contributed by atoms with Gasteiger partial charge >= 0.3 is 5.97 Å². The maximum absolute atomic E-state index is 10.7. The molecule has 0 amide bonds. The van der Waals surface area contributed by atoms with E-state index in [1.54, 1.807) is 6.92 Å². The molecule has 8 nitrogen and oxygen atoms in total. The molecule has 1 N–H and O–H groups in total. The number of aromatic carboxylic acids is 1. The number of carboxylic acids is 1. The molecule has 0 aliphatic heterocycles. The van der Waals surface area contributed by atoms with E-state index in [1.165, 1.54) is 23.0 Å². The van der Waals surface area contributed by atoms with Crippen molar-refractivity contribution in [3.05, 3.63) is 45.9 Å². The number of aromatic nitrogens is 3. The zero-order valence-electron chi connectivity index (χ0n) is 9.27. The molecule has 2 rings (SSSR count). The summed E-state index contributed by atoms with van der Waals surface area (Å²) in [7, 11) is 0. The minimum absolute atomic E-state index is 0.116. The molecule has 0 spiro atoms. The quantitative estimate of drug-likeness (QED) is 0.644. The summed E-state index contributed by atoms with van der Waals surface area (Å²) < 4.78 is 1.27. The predicted molar refractivity (Wildman–Crippen MR) is 59.7 cm³/mol. The molecule has 0 aromatic carbocycles. The van der Waals surface area contributed by atoms with Gasteiger partial charge in [0, 0.05) is 17.8 Å². The molecule has 2 aromatic rings. The number of pyridine rings is 1. The molecular formula is C10H8N4O4. The van der Waals surface area contributed by atoms with Crippen LogP contribution in [0.15, 0.2) is 24.5 Å². The molecule has 0 aliphatic rings. The molecule has 0 radical (unpaired) electrons. The van der Waals surface area contributed by atoms with Crippen molar-refractivity contribution in [2.45, 2.75) is 6.92 Å². The van der Waals surface area contributed by atoms with Crippen LogP contribution in [0.5, 0.6) is 0 Å². The smallest absolute Gasteiger partial charge is 0.356 e. The highest BCUT2D eigenvalue weighted by molar-refractivity contribution is 5.85. The van der Waals surface area contributed by atoms with Crippen LogP contribution in [0.4, 0.5) is 5.69 Å². The van der Waals surface area contributed by atoms with Gasteiger partial charge in [0.1, 0.15) is 6.20 Å². The Morgan fingerprint density at radius 2 is 2.28 bits per heavy atom. The lowest BCUT2D eigenvalue weighted by Gasteiger charge is -2.03. The van der Waals surface area contributed by atoms with E-state index in [0.29, 0.717) is 11.4 Å². The van der Waals surface area contributed by atoms with Gasteiger partial charge in [-0.3, -0.25) is 10.1 Å². The fraction of sp³-hybridized carbons (Fsp3) is 0.100. The van der Waals surface area contributed by atoms with E-state index >= 15 is 0 Å². The number of nitro groups is 1. The maximum atomic E-state index is 10.7. The highest BCUT2D eigenvalue weighted by atomic mass is 16.6. The van der Waals surface area contributed by atoms with E-state index in [-0.39, 0.29) is 11.4 Å². The van der Waals surface area contributed by atoms with Gasteiger partial charge in [-0.05, 0) is 13.0 Å². The number of hydrogen-bond acceptors (Lipinski definition) is 5. The van der Waals surface area contributed by atoms with Crippen LogP contribution in [0.2, 0.25) is 0 Å². The van der Waals surface area contributed by atoms with E-state index in [1.807, 2.05) is 0 Å². The molecule has 0 fully saturated rings. The molecule has 0 saturated heterocycles. The van der Waals surface area contributed by atoms with Crippen LogP contribution in [0.25, 0.3) is 5.82 Å². The zero-order chi connectivity index (χ0) is 13.3.